The Morgan fingerprint density at radius 1 is 1.00 bits per heavy atom. The summed E-state index contributed by atoms with van der Waals surface area (Å²) in [5.74, 6) is 0. The lowest BCUT2D eigenvalue weighted by Crippen LogP contribution is -1.86. The molecule has 0 amide bonds. The molecule has 0 nitrogen and oxygen atoms in total. The average molecular weight is 166 g/mol. The Hall–Kier alpha value is -1.52. The minimum atomic E-state index is 1.08. The fourth-order valence-electron chi connectivity index (χ4n) is 2.11. The van der Waals surface area contributed by atoms with Crippen molar-refractivity contribution in [2.45, 2.75) is 12.8 Å². The van der Waals surface area contributed by atoms with E-state index >= 15 is 0 Å². The molecule has 0 bridgehead atoms. The van der Waals surface area contributed by atoms with E-state index in [9.17, 15) is 0 Å². The van der Waals surface area contributed by atoms with Crippen LogP contribution < -0.4 is 0 Å². The van der Waals surface area contributed by atoms with Gasteiger partial charge in [0.15, 0.2) is 0 Å². The molecule has 0 aromatic heterocycles. The van der Waals surface area contributed by atoms with Crippen LogP contribution in [0.3, 0.4) is 0 Å². The summed E-state index contributed by atoms with van der Waals surface area (Å²) >= 11 is 0. The van der Waals surface area contributed by atoms with Crippen LogP contribution in [0.1, 0.15) is 12.8 Å². The van der Waals surface area contributed by atoms with Crippen molar-refractivity contribution in [1.29, 1.82) is 0 Å². The number of fused-ring (bicyclic) bond motifs is 1. The summed E-state index contributed by atoms with van der Waals surface area (Å²) in [7, 11) is 0. The quantitative estimate of drug-likeness (QED) is 0.485. The first-order chi connectivity index (χ1) is 6.45. The Morgan fingerprint density at radius 3 is 2.92 bits per heavy atom. The summed E-state index contributed by atoms with van der Waals surface area (Å²) in [6.45, 7) is 0. The van der Waals surface area contributed by atoms with E-state index in [0.29, 0.717) is 0 Å². The zero-order valence-corrected chi connectivity index (χ0v) is 7.38. The fraction of sp³-hybridized carbons (Fsp3) is 0.154. The first-order valence-electron chi connectivity index (χ1n) is 4.67. The van der Waals surface area contributed by atoms with E-state index in [-0.39, 0.29) is 0 Å². The van der Waals surface area contributed by atoms with E-state index in [1.807, 2.05) is 0 Å². The molecule has 3 aliphatic rings. The fourth-order valence-corrected chi connectivity index (χ4v) is 2.11. The summed E-state index contributed by atoms with van der Waals surface area (Å²) in [4.78, 5) is 0. The van der Waals surface area contributed by atoms with Crippen molar-refractivity contribution < 1.29 is 0 Å². The van der Waals surface area contributed by atoms with Crippen molar-refractivity contribution in [1.82, 2.24) is 0 Å². The van der Waals surface area contributed by atoms with Gasteiger partial charge >= 0.3 is 0 Å². The number of hydrogen-bond donors (Lipinski definition) is 0. The molecule has 0 aromatic carbocycles. The summed E-state index contributed by atoms with van der Waals surface area (Å²) in [6, 6.07) is 0. The summed E-state index contributed by atoms with van der Waals surface area (Å²) in [6.07, 6.45) is 15.3. The maximum atomic E-state index is 3.23. The van der Waals surface area contributed by atoms with Gasteiger partial charge in [0.05, 0.1) is 0 Å². The van der Waals surface area contributed by atoms with Crippen LogP contribution in [0.15, 0.2) is 64.5 Å². The molecule has 3 aliphatic carbocycles. The third-order valence-electron chi connectivity index (χ3n) is 2.76. The molecule has 0 atom stereocenters. The second-order valence-corrected chi connectivity index (χ2v) is 3.54. The van der Waals surface area contributed by atoms with Gasteiger partial charge in [-0.25, -0.2) is 0 Å². The normalized spacial score (nSPS) is 22.8. The molecule has 0 heteroatoms. The molecular weight excluding hydrogens is 156 g/mol. The molecule has 0 aliphatic heterocycles. The topological polar surface area (TPSA) is 0 Å². The number of allylic oxidation sites excluding steroid dienone is 9. The second-order valence-electron chi connectivity index (χ2n) is 3.54. The van der Waals surface area contributed by atoms with Gasteiger partial charge in [-0.3, -0.25) is 0 Å². The Balaban J connectivity index is 2.24. The molecule has 0 spiro atoms. The van der Waals surface area contributed by atoms with Crippen LogP contribution in [0.2, 0.25) is 0 Å². The molecule has 0 heterocycles. The van der Waals surface area contributed by atoms with Crippen LogP contribution in [0.4, 0.5) is 0 Å². The molecular formula is C13H10. The van der Waals surface area contributed by atoms with E-state index < -0.39 is 0 Å². The SMILES string of the molecule is C1=CC2=C(CC=C2)C2=C(C=1)CC=C2. The standard InChI is InChI=1S/C13H10/c1-4-10-6-2-8-12(10)13-9-3-7-11(13)5-1/h2-6,9H,7-8H2. The third-order valence-corrected chi connectivity index (χ3v) is 2.76. The number of hydrogen-bond acceptors (Lipinski definition) is 0. The highest BCUT2D eigenvalue weighted by Gasteiger charge is 2.16. The van der Waals surface area contributed by atoms with Crippen LogP contribution in [-0.4, -0.2) is 0 Å². The van der Waals surface area contributed by atoms with Gasteiger partial charge in [-0.1, -0.05) is 24.3 Å². The predicted molar refractivity (Wildman–Crippen MR) is 54.2 cm³/mol. The van der Waals surface area contributed by atoms with Crippen molar-refractivity contribution in [3.05, 3.63) is 64.5 Å². The highest BCUT2D eigenvalue weighted by molar-refractivity contribution is 5.61. The van der Waals surface area contributed by atoms with E-state index in [1.54, 1.807) is 0 Å². The monoisotopic (exact) mass is 166 g/mol. The maximum absolute atomic E-state index is 3.23. The van der Waals surface area contributed by atoms with Gasteiger partial charge in [0, 0.05) is 0 Å². The van der Waals surface area contributed by atoms with E-state index in [4.69, 9.17) is 0 Å². The molecule has 0 unspecified atom stereocenters. The van der Waals surface area contributed by atoms with Crippen molar-refractivity contribution in [2.75, 3.05) is 0 Å². The second kappa shape index (κ2) is 2.48. The highest BCUT2D eigenvalue weighted by atomic mass is 14.2. The minimum absolute atomic E-state index is 1.08. The van der Waals surface area contributed by atoms with Gasteiger partial charge in [-0.2, -0.15) is 0 Å². The van der Waals surface area contributed by atoms with Gasteiger partial charge in [-0.15, -0.1) is 5.73 Å². The van der Waals surface area contributed by atoms with Gasteiger partial charge < -0.3 is 0 Å². The first kappa shape index (κ1) is 6.94. The highest BCUT2D eigenvalue weighted by Crippen LogP contribution is 2.35. The lowest BCUT2D eigenvalue weighted by atomic mass is 10.00. The number of rotatable bonds is 0. The molecule has 62 valence electrons. The minimum Gasteiger partial charge on any atom is -0.120 e. The lowest BCUT2D eigenvalue weighted by molar-refractivity contribution is 1.24. The van der Waals surface area contributed by atoms with Gasteiger partial charge in [0.1, 0.15) is 0 Å². The molecule has 0 N–H and O–H groups in total. The van der Waals surface area contributed by atoms with Crippen LogP contribution >= 0.6 is 0 Å². The van der Waals surface area contributed by atoms with E-state index in [2.05, 4.69) is 42.2 Å². The van der Waals surface area contributed by atoms with Gasteiger partial charge in [-0.05, 0) is 47.3 Å². The maximum Gasteiger partial charge on any atom is -0.00819 e. The lowest BCUT2D eigenvalue weighted by Gasteiger charge is -2.04. The third kappa shape index (κ3) is 0.929. The largest absolute Gasteiger partial charge is 0.120 e. The van der Waals surface area contributed by atoms with Crippen molar-refractivity contribution in [2.24, 2.45) is 0 Å². The molecule has 0 aromatic rings. The summed E-state index contributed by atoms with van der Waals surface area (Å²) in [5.41, 5.74) is 8.90. The van der Waals surface area contributed by atoms with Gasteiger partial charge in [0.2, 0.25) is 0 Å². The van der Waals surface area contributed by atoms with Crippen LogP contribution in [0.5, 0.6) is 0 Å². The Kier molecular flexibility index (Phi) is 1.32. The predicted octanol–water partition coefficient (Wildman–Crippen LogP) is 3.22. The molecule has 3 rings (SSSR count). The van der Waals surface area contributed by atoms with E-state index in [0.717, 1.165) is 12.8 Å². The van der Waals surface area contributed by atoms with Crippen molar-refractivity contribution >= 4 is 0 Å². The molecule has 13 heavy (non-hydrogen) atoms. The van der Waals surface area contributed by atoms with Crippen LogP contribution in [0, 0.1) is 0 Å². The molecule has 0 saturated heterocycles. The van der Waals surface area contributed by atoms with E-state index in [1.165, 1.54) is 22.3 Å². The summed E-state index contributed by atoms with van der Waals surface area (Å²) in [5, 5.41) is 0. The Labute approximate surface area is 78.0 Å². The Morgan fingerprint density at radius 2 is 1.92 bits per heavy atom. The average Bonchev–Trinajstić information content (AvgIpc) is 2.72. The Bertz CT molecular complexity index is 444. The molecule has 0 fully saturated rings. The molecule has 0 saturated carbocycles. The smallest absolute Gasteiger partial charge is 0.00819 e. The zero-order valence-electron chi connectivity index (χ0n) is 7.38. The van der Waals surface area contributed by atoms with Crippen LogP contribution in [0.25, 0.3) is 0 Å². The molecule has 0 radical (unpaired) electrons. The van der Waals surface area contributed by atoms with Crippen molar-refractivity contribution in [3.8, 4) is 0 Å². The van der Waals surface area contributed by atoms with Crippen LogP contribution in [-0.2, 0) is 0 Å². The summed E-state index contributed by atoms with van der Waals surface area (Å²) < 4.78 is 0. The van der Waals surface area contributed by atoms with Crippen molar-refractivity contribution in [3.63, 3.8) is 0 Å². The first-order valence-corrected chi connectivity index (χ1v) is 4.67. The van der Waals surface area contributed by atoms with Gasteiger partial charge in [0.25, 0.3) is 0 Å². The zero-order chi connectivity index (χ0) is 8.67.